The first-order valence-corrected chi connectivity index (χ1v) is 2.71. The number of hydrogen-bond donors (Lipinski definition) is 3. The van der Waals surface area contributed by atoms with Crippen LogP contribution < -0.4 is 0 Å². The van der Waals surface area contributed by atoms with Crippen molar-refractivity contribution >= 4 is 10.7 Å². The number of hydrogen-bond acceptors (Lipinski definition) is 4. The summed E-state index contributed by atoms with van der Waals surface area (Å²) in [7, 11) is -3.13. The van der Waals surface area contributed by atoms with Crippen LogP contribution in [0.25, 0.3) is 0 Å². The van der Waals surface area contributed by atoms with E-state index in [4.69, 9.17) is 10.2 Å². The second kappa shape index (κ2) is 1.77. The normalized spacial score (nSPS) is 12.6. The summed E-state index contributed by atoms with van der Waals surface area (Å²) in [5, 5.41) is 13.6. The van der Waals surface area contributed by atoms with Gasteiger partial charge in [0.15, 0.2) is 10.7 Å². The number of aliphatic hydroxyl groups is 2. The highest BCUT2D eigenvalue weighted by atomic mass is 32.2. The highest BCUT2D eigenvalue weighted by Crippen LogP contribution is 1.93. The second-order valence-corrected chi connectivity index (χ2v) is 2.59. The molecule has 0 aliphatic heterocycles. The van der Waals surface area contributed by atoms with E-state index >= 15 is 0 Å². The smallest absolute Gasteiger partial charge is 0.263 e. The monoisotopic (exact) mass is 126 g/mol. The van der Waals surface area contributed by atoms with E-state index in [2.05, 4.69) is 0 Å². The molecule has 0 aliphatic carbocycles. The van der Waals surface area contributed by atoms with E-state index in [9.17, 15) is 8.42 Å². The zero-order valence-electron chi connectivity index (χ0n) is 3.66. The topological polar surface area (TPSA) is 74.6 Å². The zero-order chi connectivity index (χ0) is 6.08. The molecule has 0 saturated heterocycles. The Balaban J connectivity index is 4.08. The van der Waals surface area contributed by atoms with Crippen LogP contribution in [0.2, 0.25) is 0 Å². The van der Waals surface area contributed by atoms with Crippen molar-refractivity contribution < 1.29 is 18.6 Å². The summed E-state index contributed by atoms with van der Waals surface area (Å²) in [6.45, 7) is 0.776. The molecule has 0 rings (SSSR count). The Morgan fingerprint density at radius 2 is 1.57 bits per heavy atom. The average Bonchev–Trinajstić information content (AvgIpc) is 1.31. The second-order valence-electron chi connectivity index (χ2n) is 1.23. The summed E-state index contributed by atoms with van der Waals surface area (Å²) in [5.41, 5.74) is 0. The average molecular weight is 126 g/mol. The first-order valence-electron chi connectivity index (χ1n) is 1.54. The molecule has 4 nitrogen and oxygen atoms in total. The molecule has 0 atom stereocenters. The van der Waals surface area contributed by atoms with Crippen molar-refractivity contribution in [3.05, 3.63) is 0 Å². The maximum Gasteiger partial charge on any atom is 0.263 e. The fraction of sp³-hybridized carbons (Fsp3) is 1.00. The molecule has 0 heterocycles. The molecular weight excluding hydrogens is 120 g/mol. The van der Waals surface area contributed by atoms with Crippen LogP contribution in [0.4, 0.5) is 0 Å². The van der Waals surface area contributed by atoms with Gasteiger partial charge in [0.05, 0.1) is 0 Å². The largest absolute Gasteiger partial charge is 0.354 e. The molecule has 5 heteroatoms. The van der Waals surface area contributed by atoms with Crippen LogP contribution in [0.3, 0.4) is 0 Å². The fourth-order valence-electron chi connectivity index (χ4n) is 0. The van der Waals surface area contributed by atoms with Crippen molar-refractivity contribution in [1.29, 1.82) is 0 Å². The molecule has 2 N–H and O–H groups in total. The summed E-state index contributed by atoms with van der Waals surface area (Å²) in [4.78, 5) is 0. The molecule has 0 aliphatic rings. The Morgan fingerprint density at radius 3 is 1.57 bits per heavy atom. The van der Waals surface area contributed by atoms with Gasteiger partial charge in [0.2, 0.25) is 0 Å². The van der Waals surface area contributed by atoms with Gasteiger partial charge in [-0.2, -0.15) is 0 Å². The summed E-state index contributed by atoms with van der Waals surface area (Å²) in [6, 6.07) is 0. The minimum Gasteiger partial charge on any atom is -0.354 e. The molecule has 0 spiro atoms. The molecule has 0 radical (unpaired) electrons. The van der Waals surface area contributed by atoms with Crippen molar-refractivity contribution in [2.75, 3.05) is 0 Å². The maximum absolute atomic E-state index is 9.56. The van der Waals surface area contributed by atoms with Gasteiger partial charge in [-0.3, -0.25) is 0 Å². The summed E-state index contributed by atoms with van der Waals surface area (Å²) < 4.78 is 19.1. The molecule has 0 saturated carbocycles. The lowest BCUT2D eigenvalue weighted by atomic mass is 10.8. The minimum absolute atomic E-state index is 0.776. The molecule has 0 bridgehead atoms. The standard InChI is InChI=1S/C2H6O4S/c1-2(3,4)7(5)6/h3-4,7H,1H3. The van der Waals surface area contributed by atoms with Crippen molar-refractivity contribution in [3.8, 4) is 0 Å². The van der Waals surface area contributed by atoms with Gasteiger partial charge in [-0.05, 0) is 0 Å². The van der Waals surface area contributed by atoms with Crippen LogP contribution in [-0.4, -0.2) is 23.7 Å². The first-order chi connectivity index (χ1) is 2.94. The quantitative estimate of drug-likeness (QED) is 0.288. The van der Waals surface area contributed by atoms with Crippen molar-refractivity contribution in [2.45, 2.75) is 12.0 Å². The number of thiol groups is 1. The maximum atomic E-state index is 9.56. The van der Waals surface area contributed by atoms with Gasteiger partial charge >= 0.3 is 0 Å². The van der Waals surface area contributed by atoms with Gasteiger partial charge in [0.25, 0.3) is 5.12 Å². The van der Waals surface area contributed by atoms with Crippen LogP contribution in [0.15, 0.2) is 0 Å². The lowest BCUT2D eigenvalue weighted by Gasteiger charge is -2.02. The Labute approximate surface area is 42.4 Å². The SMILES string of the molecule is CC(O)(O)[SH](=O)=O. The van der Waals surface area contributed by atoms with Gasteiger partial charge in [-0.25, -0.2) is 8.42 Å². The first kappa shape index (κ1) is 6.87. The predicted molar refractivity (Wildman–Crippen MR) is 23.2 cm³/mol. The molecule has 0 aromatic rings. The van der Waals surface area contributed by atoms with E-state index in [1.165, 1.54) is 0 Å². The van der Waals surface area contributed by atoms with Gasteiger partial charge in [-0.15, -0.1) is 0 Å². The molecule has 0 unspecified atom stereocenters. The third-order valence-electron chi connectivity index (χ3n) is 0.346. The highest BCUT2D eigenvalue weighted by Gasteiger charge is 2.17. The zero-order valence-corrected chi connectivity index (χ0v) is 4.55. The molecule has 44 valence electrons. The Kier molecular flexibility index (Phi) is 1.74. The minimum atomic E-state index is -3.13. The van der Waals surface area contributed by atoms with Crippen LogP contribution in [0.5, 0.6) is 0 Å². The number of rotatable bonds is 1. The molecular formula is C2H6O4S. The van der Waals surface area contributed by atoms with E-state index in [1.54, 1.807) is 0 Å². The van der Waals surface area contributed by atoms with Gasteiger partial charge < -0.3 is 10.2 Å². The third kappa shape index (κ3) is 2.55. The fourth-order valence-corrected chi connectivity index (χ4v) is 0. The Morgan fingerprint density at radius 1 is 1.43 bits per heavy atom. The van der Waals surface area contributed by atoms with E-state index < -0.39 is 15.8 Å². The third-order valence-corrected chi connectivity index (χ3v) is 1.04. The van der Waals surface area contributed by atoms with Crippen molar-refractivity contribution in [2.24, 2.45) is 0 Å². The summed E-state index contributed by atoms with van der Waals surface area (Å²) in [6.07, 6.45) is 0. The molecule has 0 fully saturated rings. The van der Waals surface area contributed by atoms with Crippen molar-refractivity contribution in [3.63, 3.8) is 0 Å². The molecule has 0 amide bonds. The predicted octanol–water partition coefficient (Wildman–Crippen LogP) is -1.74. The van der Waals surface area contributed by atoms with Crippen LogP contribution in [0.1, 0.15) is 6.92 Å². The van der Waals surface area contributed by atoms with E-state index in [1.807, 2.05) is 0 Å². The molecule has 0 aromatic carbocycles. The lowest BCUT2D eigenvalue weighted by Crippen LogP contribution is -2.24. The van der Waals surface area contributed by atoms with Crippen LogP contribution in [-0.2, 0) is 10.7 Å². The lowest BCUT2D eigenvalue weighted by molar-refractivity contribution is -0.0649. The van der Waals surface area contributed by atoms with Crippen LogP contribution in [0, 0.1) is 0 Å². The van der Waals surface area contributed by atoms with Gasteiger partial charge in [0.1, 0.15) is 0 Å². The highest BCUT2D eigenvalue weighted by molar-refractivity contribution is 7.73. The Hall–Kier alpha value is -0.130. The molecule has 7 heavy (non-hydrogen) atoms. The van der Waals surface area contributed by atoms with Crippen molar-refractivity contribution in [1.82, 2.24) is 0 Å². The van der Waals surface area contributed by atoms with E-state index in [-0.39, 0.29) is 0 Å². The molecule has 0 aromatic heterocycles. The van der Waals surface area contributed by atoms with Gasteiger partial charge in [-0.1, -0.05) is 0 Å². The van der Waals surface area contributed by atoms with E-state index in [0.29, 0.717) is 0 Å². The summed E-state index contributed by atoms with van der Waals surface area (Å²) in [5.74, 6) is 0. The Bertz CT molecular complexity index is 110. The van der Waals surface area contributed by atoms with Crippen LogP contribution >= 0.6 is 0 Å². The van der Waals surface area contributed by atoms with Gasteiger partial charge in [0, 0.05) is 6.92 Å². The summed E-state index contributed by atoms with van der Waals surface area (Å²) >= 11 is 0. The van der Waals surface area contributed by atoms with E-state index in [0.717, 1.165) is 6.92 Å².